The summed E-state index contributed by atoms with van der Waals surface area (Å²) in [5.41, 5.74) is 0.183. The molecule has 6 heteroatoms. The highest BCUT2D eigenvalue weighted by Crippen LogP contribution is 2.34. The van der Waals surface area contributed by atoms with Gasteiger partial charge in [0.15, 0.2) is 0 Å². The van der Waals surface area contributed by atoms with E-state index in [1.165, 1.54) is 19.3 Å². The summed E-state index contributed by atoms with van der Waals surface area (Å²) in [4.78, 5) is 11.2. The van der Waals surface area contributed by atoms with E-state index in [9.17, 15) is 18.0 Å². The van der Waals surface area contributed by atoms with Gasteiger partial charge in [0.1, 0.15) is 6.54 Å². The van der Waals surface area contributed by atoms with E-state index in [1.54, 1.807) is 0 Å². The van der Waals surface area contributed by atoms with E-state index in [0.29, 0.717) is 6.54 Å². The van der Waals surface area contributed by atoms with E-state index in [1.807, 2.05) is 5.32 Å². The molecule has 1 rings (SSSR count). The average Bonchev–Trinajstić information content (AvgIpc) is 2.26. The lowest BCUT2D eigenvalue weighted by atomic mass is 9.76. The van der Waals surface area contributed by atoms with Crippen LogP contribution in [0.25, 0.3) is 0 Å². The molecular formula is C12H21F3N2O. The molecule has 3 nitrogen and oxygen atoms in total. The zero-order chi connectivity index (χ0) is 13.6. The molecule has 0 aromatic heterocycles. The molecule has 1 aliphatic rings. The molecule has 18 heavy (non-hydrogen) atoms. The average molecular weight is 266 g/mol. The summed E-state index contributed by atoms with van der Waals surface area (Å²) in [5, 5.41) is 4.80. The first kappa shape index (κ1) is 15.3. The lowest BCUT2D eigenvalue weighted by Gasteiger charge is -2.33. The van der Waals surface area contributed by atoms with Crippen molar-refractivity contribution in [1.82, 2.24) is 10.6 Å². The number of rotatable bonds is 5. The van der Waals surface area contributed by atoms with Gasteiger partial charge in [0.2, 0.25) is 5.91 Å². The topological polar surface area (TPSA) is 41.1 Å². The third-order valence-electron chi connectivity index (χ3n) is 3.38. The summed E-state index contributed by atoms with van der Waals surface area (Å²) in [5.74, 6) is -0.605. The van der Waals surface area contributed by atoms with E-state index in [-0.39, 0.29) is 12.0 Å². The standard InChI is InChI=1S/C12H21F3N2O/c1-11(5-3-2-4-6-11)8-16-7-10(18)17-9-12(13,14)15/h16H,2-9H2,1H3,(H,17,18). The van der Waals surface area contributed by atoms with Gasteiger partial charge >= 0.3 is 6.18 Å². The fraction of sp³-hybridized carbons (Fsp3) is 0.917. The first-order valence-electron chi connectivity index (χ1n) is 6.35. The third-order valence-corrected chi connectivity index (χ3v) is 3.38. The maximum absolute atomic E-state index is 11.9. The fourth-order valence-electron chi connectivity index (χ4n) is 2.32. The van der Waals surface area contributed by atoms with Crippen LogP contribution in [0.1, 0.15) is 39.0 Å². The van der Waals surface area contributed by atoms with Crippen molar-refractivity contribution in [2.75, 3.05) is 19.6 Å². The van der Waals surface area contributed by atoms with E-state index in [2.05, 4.69) is 12.2 Å². The van der Waals surface area contributed by atoms with Crippen LogP contribution in [0.2, 0.25) is 0 Å². The van der Waals surface area contributed by atoms with Gasteiger partial charge in [-0.1, -0.05) is 26.2 Å². The molecule has 0 bridgehead atoms. The molecule has 106 valence electrons. The molecule has 2 N–H and O–H groups in total. The Morgan fingerprint density at radius 2 is 1.83 bits per heavy atom. The fourth-order valence-corrected chi connectivity index (χ4v) is 2.32. The maximum Gasteiger partial charge on any atom is 0.405 e. The number of alkyl halides is 3. The molecule has 1 fully saturated rings. The third kappa shape index (κ3) is 6.23. The Kier molecular flexibility index (Phi) is 5.44. The van der Waals surface area contributed by atoms with Gasteiger partial charge in [0, 0.05) is 6.54 Å². The minimum Gasteiger partial charge on any atom is -0.346 e. The molecule has 0 unspecified atom stereocenters. The van der Waals surface area contributed by atoms with Crippen molar-refractivity contribution in [3.8, 4) is 0 Å². The number of halogens is 3. The van der Waals surface area contributed by atoms with Crippen molar-refractivity contribution in [2.24, 2.45) is 5.41 Å². The van der Waals surface area contributed by atoms with Crippen LogP contribution in [0.5, 0.6) is 0 Å². The predicted molar refractivity (Wildman–Crippen MR) is 63.1 cm³/mol. The Labute approximate surface area is 106 Å². The van der Waals surface area contributed by atoms with Crippen molar-refractivity contribution >= 4 is 5.91 Å². The van der Waals surface area contributed by atoms with Gasteiger partial charge in [-0.2, -0.15) is 13.2 Å². The van der Waals surface area contributed by atoms with Crippen molar-refractivity contribution in [1.29, 1.82) is 0 Å². The number of hydrogen-bond acceptors (Lipinski definition) is 2. The molecule has 0 spiro atoms. The highest BCUT2D eigenvalue weighted by atomic mass is 19.4. The lowest BCUT2D eigenvalue weighted by molar-refractivity contribution is -0.137. The van der Waals surface area contributed by atoms with Crippen LogP contribution in [-0.4, -0.2) is 31.7 Å². The van der Waals surface area contributed by atoms with E-state index in [0.717, 1.165) is 12.8 Å². The Balaban J connectivity index is 2.15. The first-order chi connectivity index (χ1) is 8.31. The maximum atomic E-state index is 11.9. The molecule has 0 saturated heterocycles. The zero-order valence-electron chi connectivity index (χ0n) is 10.7. The first-order valence-corrected chi connectivity index (χ1v) is 6.35. The van der Waals surface area contributed by atoms with Crippen LogP contribution in [0.15, 0.2) is 0 Å². The molecule has 1 aliphatic carbocycles. The van der Waals surface area contributed by atoms with Crippen LogP contribution in [0, 0.1) is 5.41 Å². The highest BCUT2D eigenvalue weighted by molar-refractivity contribution is 5.78. The Morgan fingerprint density at radius 1 is 1.22 bits per heavy atom. The summed E-state index contributed by atoms with van der Waals surface area (Å²) in [7, 11) is 0. The number of amides is 1. The summed E-state index contributed by atoms with van der Waals surface area (Å²) < 4.78 is 35.6. The van der Waals surface area contributed by atoms with E-state index in [4.69, 9.17) is 0 Å². The molecule has 0 radical (unpaired) electrons. The summed E-state index contributed by atoms with van der Waals surface area (Å²) in [6.45, 7) is 1.54. The molecular weight excluding hydrogens is 245 g/mol. The predicted octanol–water partition coefficient (Wildman–Crippen LogP) is 2.22. The number of nitrogens with one attached hydrogen (secondary N) is 2. The van der Waals surface area contributed by atoms with Crippen LogP contribution in [-0.2, 0) is 4.79 Å². The molecule has 0 atom stereocenters. The Hall–Kier alpha value is -0.780. The Morgan fingerprint density at radius 3 is 2.39 bits per heavy atom. The normalized spacial score (nSPS) is 19.6. The number of carbonyl (C=O) groups excluding carboxylic acids is 1. The SMILES string of the molecule is CC1(CNCC(=O)NCC(F)(F)F)CCCCC1. The molecule has 0 heterocycles. The summed E-state index contributed by atoms with van der Waals surface area (Å²) in [6, 6.07) is 0. The molecule has 0 aromatic rings. The van der Waals surface area contributed by atoms with Crippen LogP contribution < -0.4 is 10.6 Å². The largest absolute Gasteiger partial charge is 0.405 e. The van der Waals surface area contributed by atoms with Gasteiger partial charge in [0.05, 0.1) is 6.54 Å². The van der Waals surface area contributed by atoms with Crippen LogP contribution >= 0.6 is 0 Å². The van der Waals surface area contributed by atoms with Crippen molar-refractivity contribution in [3.05, 3.63) is 0 Å². The van der Waals surface area contributed by atoms with Gasteiger partial charge in [-0.05, 0) is 18.3 Å². The zero-order valence-corrected chi connectivity index (χ0v) is 10.7. The number of hydrogen-bond donors (Lipinski definition) is 2. The molecule has 0 aliphatic heterocycles. The van der Waals surface area contributed by atoms with Gasteiger partial charge in [-0.3, -0.25) is 4.79 Å². The number of carbonyl (C=O) groups is 1. The van der Waals surface area contributed by atoms with Crippen LogP contribution in [0.4, 0.5) is 13.2 Å². The van der Waals surface area contributed by atoms with Crippen molar-refractivity contribution in [2.45, 2.75) is 45.2 Å². The smallest absolute Gasteiger partial charge is 0.346 e. The van der Waals surface area contributed by atoms with Gasteiger partial charge in [-0.15, -0.1) is 0 Å². The van der Waals surface area contributed by atoms with Gasteiger partial charge in [0.25, 0.3) is 0 Å². The summed E-state index contributed by atoms with van der Waals surface area (Å²) in [6.07, 6.45) is 1.53. The van der Waals surface area contributed by atoms with Gasteiger partial charge in [-0.25, -0.2) is 0 Å². The quantitative estimate of drug-likeness (QED) is 0.801. The minimum atomic E-state index is -4.34. The lowest BCUT2D eigenvalue weighted by Crippen LogP contribution is -2.42. The van der Waals surface area contributed by atoms with Crippen molar-refractivity contribution in [3.63, 3.8) is 0 Å². The summed E-state index contributed by atoms with van der Waals surface area (Å²) >= 11 is 0. The second kappa shape index (κ2) is 6.41. The van der Waals surface area contributed by atoms with E-state index >= 15 is 0 Å². The van der Waals surface area contributed by atoms with Crippen LogP contribution in [0.3, 0.4) is 0 Å². The minimum absolute atomic E-state index is 0.0499. The molecule has 1 amide bonds. The Bertz CT molecular complexity index is 273. The van der Waals surface area contributed by atoms with E-state index < -0.39 is 18.6 Å². The van der Waals surface area contributed by atoms with Crippen molar-refractivity contribution < 1.29 is 18.0 Å². The second-order valence-corrected chi connectivity index (χ2v) is 5.37. The monoisotopic (exact) mass is 266 g/mol. The molecule has 1 saturated carbocycles. The second-order valence-electron chi connectivity index (χ2n) is 5.37. The van der Waals surface area contributed by atoms with Gasteiger partial charge < -0.3 is 10.6 Å². The highest BCUT2D eigenvalue weighted by Gasteiger charge is 2.28. The molecule has 0 aromatic carbocycles.